The smallest absolute Gasteiger partial charge is 0.264 e. The van der Waals surface area contributed by atoms with Gasteiger partial charge in [-0.2, -0.15) is 8.42 Å². The Hall–Kier alpha value is -0.296. The Bertz CT molecular complexity index is 412. The third-order valence-corrected chi connectivity index (χ3v) is 2.23. The summed E-state index contributed by atoms with van der Waals surface area (Å²) in [6.07, 6.45) is 1.46. The van der Waals surface area contributed by atoms with Gasteiger partial charge >= 0.3 is 0 Å². The summed E-state index contributed by atoms with van der Waals surface area (Å²) in [5.41, 5.74) is 0.742. The molecule has 0 atom stereocenters. The molecule has 0 aliphatic heterocycles. The molecule has 0 fully saturated rings. The molecule has 0 saturated carbocycles. The Balaban J connectivity index is 0.00000196. The number of aromatic nitrogens is 1. The van der Waals surface area contributed by atoms with E-state index in [4.69, 9.17) is 4.42 Å². The third kappa shape index (κ3) is 5.37. The van der Waals surface area contributed by atoms with E-state index in [1.165, 1.54) is 0 Å². The van der Waals surface area contributed by atoms with E-state index in [0.717, 1.165) is 11.9 Å². The van der Waals surface area contributed by atoms with Gasteiger partial charge in [0.1, 0.15) is 5.76 Å². The Morgan fingerprint density at radius 3 is 2.40 bits per heavy atom. The molecule has 1 rings (SSSR count). The van der Waals surface area contributed by atoms with Gasteiger partial charge in [0.2, 0.25) is 0 Å². The van der Waals surface area contributed by atoms with Crippen molar-refractivity contribution in [1.29, 1.82) is 0 Å². The van der Waals surface area contributed by atoms with Crippen LogP contribution in [-0.2, 0) is 39.3 Å². The Kier molecular flexibility index (Phi) is 5.58. The van der Waals surface area contributed by atoms with E-state index in [2.05, 4.69) is 9.17 Å². The first-order chi connectivity index (χ1) is 6.38. The maximum absolute atomic E-state index is 10.6. The van der Waals surface area contributed by atoms with E-state index in [-0.39, 0.29) is 25.2 Å². The topological polar surface area (TPSA) is 69.4 Å². The first-order valence-corrected chi connectivity index (χ1v) is 5.97. The molecule has 85 valence electrons. The summed E-state index contributed by atoms with van der Waals surface area (Å²) in [7, 11) is -3.36. The Morgan fingerprint density at radius 2 is 2.00 bits per heavy atom. The molecule has 1 aromatic rings. The van der Waals surface area contributed by atoms with Crippen LogP contribution in [0.25, 0.3) is 0 Å². The van der Waals surface area contributed by atoms with Crippen LogP contribution in [0.5, 0.6) is 0 Å². The van der Waals surface area contributed by atoms with Crippen LogP contribution in [0, 0.1) is 13.8 Å². The SMILES string of the molecule is Cc1nc(CCOS(C)(=O)=O)c(C)o1.[V]. The quantitative estimate of drug-likeness (QED) is 0.757. The predicted molar refractivity (Wildman–Crippen MR) is 50.5 cm³/mol. The van der Waals surface area contributed by atoms with Crippen LogP contribution in [0.3, 0.4) is 0 Å². The molecule has 0 amide bonds. The molecule has 15 heavy (non-hydrogen) atoms. The molecule has 0 aliphatic rings. The molecule has 1 aromatic heterocycles. The van der Waals surface area contributed by atoms with Crippen molar-refractivity contribution in [2.24, 2.45) is 0 Å². The second kappa shape index (κ2) is 5.70. The van der Waals surface area contributed by atoms with Crippen molar-refractivity contribution in [2.75, 3.05) is 12.9 Å². The fourth-order valence-corrected chi connectivity index (χ4v) is 1.48. The number of aryl methyl sites for hydroxylation is 2. The third-order valence-electron chi connectivity index (χ3n) is 1.64. The van der Waals surface area contributed by atoms with Gasteiger partial charge in [-0.05, 0) is 6.92 Å². The van der Waals surface area contributed by atoms with Gasteiger partial charge in [-0.1, -0.05) is 0 Å². The summed E-state index contributed by atoms with van der Waals surface area (Å²) in [5.74, 6) is 1.29. The normalized spacial score (nSPS) is 11.1. The fraction of sp³-hybridized carbons (Fsp3) is 0.625. The van der Waals surface area contributed by atoms with Crippen molar-refractivity contribution >= 4 is 10.1 Å². The monoisotopic (exact) mass is 270 g/mol. The van der Waals surface area contributed by atoms with E-state index in [9.17, 15) is 8.42 Å². The van der Waals surface area contributed by atoms with Crippen LogP contribution in [0.2, 0.25) is 0 Å². The number of oxazole rings is 1. The van der Waals surface area contributed by atoms with Gasteiger partial charge in [0.15, 0.2) is 5.89 Å². The summed E-state index contributed by atoms with van der Waals surface area (Å²) < 4.78 is 31.1. The molecule has 0 saturated heterocycles. The van der Waals surface area contributed by atoms with E-state index >= 15 is 0 Å². The molecule has 0 aromatic carbocycles. The van der Waals surface area contributed by atoms with Crippen molar-refractivity contribution in [3.8, 4) is 0 Å². The molecule has 0 unspecified atom stereocenters. The average Bonchev–Trinajstić information content (AvgIpc) is 2.27. The fourth-order valence-electron chi connectivity index (χ4n) is 1.09. The standard InChI is InChI=1S/C8H13NO4S.V/c1-6-8(9-7(2)13-6)4-5-12-14(3,10)11;/h4-5H2,1-3H3;. The van der Waals surface area contributed by atoms with Crippen molar-refractivity contribution in [1.82, 2.24) is 4.98 Å². The molecule has 1 radical (unpaired) electrons. The Labute approximate surface area is 101 Å². The van der Waals surface area contributed by atoms with E-state index < -0.39 is 10.1 Å². The number of hydrogen-bond donors (Lipinski definition) is 0. The largest absolute Gasteiger partial charge is 0.446 e. The van der Waals surface area contributed by atoms with Crippen molar-refractivity contribution < 1.29 is 35.6 Å². The first kappa shape index (κ1) is 14.7. The molecule has 1 heterocycles. The van der Waals surface area contributed by atoms with E-state index in [1.807, 2.05) is 0 Å². The van der Waals surface area contributed by atoms with Gasteiger partial charge in [0.25, 0.3) is 10.1 Å². The van der Waals surface area contributed by atoms with Gasteiger partial charge < -0.3 is 4.42 Å². The molecule has 5 nitrogen and oxygen atoms in total. The van der Waals surface area contributed by atoms with Crippen LogP contribution >= 0.6 is 0 Å². The van der Waals surface area contributed by atoms with Gasteiger partial charge in [-0.25, -0.2) is 4.98 Å². The van der Waals surface area contributed by atoms with Crippen LogP contribution in [0.15, 0.2) is 4.42 Å². The maximum atomic E-state index is 10.6. The van der Waals surface area contributed by atoms with Gasteiger partial charge in [-0.3, -0.25) is 4.18 Å². The van der Waals surface area contributed by atoms with Gasteiger partial charge in [0.05, 0.1) is 18.6 Å². The van der Waals surface area contributed by atoms with Crippen LogP contribution in [0.1, 0.15) is 17.3 Å². The van der Waals surface area contributed by atoms with Crippen LogP contribution in [-0.4, -0.2) is 26.3 Å². The Morgan fingerprint density at radius 1 is 1.40 bits per heavy atom. The van der Waals surface area contributed by atoms with Crippen molar-refractivity contribution in [2.45, 2.75) is 20.3 Å². The first-order valence-electron chi connectivity index (χ1n) is 4.16. The zero-order chi connectivity index (χ0) is 10.8. The molecule has 7 heteroatoms. The number of rotatable bonds is 4. The average molecular weight is 270 g/mol. The summed E-state index contributed by atoms with van der Waals surface area (Å²) in [6, 6.07) is 0. The molecule has 0 bridgehead atoms. The van der Waals surface area contributed by atoms with Crippen molar-refractivity contribution in [3.05, 3.63) is 17.3 Å². The molecule has 0 spiro atoms. The minimum absolute atomic E-state index is 0. The maximum Gasteiger partial charge on any atom is 0.264 e. The van der Waals surface area contributed by atoms with Crippen molar-refractivity contribution in [3.63, 3.8) is 0 Å². The zero-order valence-corrected chi connectivity index (χ0v) is 11.1. The van der Waals surface area contributed by atoms with E-state index in [1.54, 1.807) is 13.8 Å². The molecular formula is C8H13NO4SV. The molecule has 0 aliphatic carbocycles. The van der Waals surface area contributed by atoms with Crippen LogP contribution < -0.4 is 0 Å². The van der Waals surface area contributed by atoms with Gasteiger partial charge in [-0.15, -0.1) is 0 Å². The molecule has 0 N–H and O–H groups in total. The minimum atomic E-state index is -3.36. The summed E-state index contributed by atoms with van der Waals surface area (Å²) in [5, 5.41) is 0. The second-order valence-electron chi connectivity index (χ2n) is 3.01. The summed E-state index contributed by atoms with van der Waals surface area (Å²) in [6.45, 7) is 3.63. The van der Waals surface area contributed by atoms with Crippen LogP contribution in [0.4, 0.5) is 0 Å². The van der Waals surface area contributed by atoms with E-state index in [0.29, 0.717) is 18.1 Å². The van der Waals surface area contributed by atoms with Gasteiger partial charge in [0, 0.05) is 31.9 Å². The zero-order valence-electron chi connectivity index (χ0n) is 8.85. The summed E-state index contributed by atoms with van der Waals surface area (Å²) in [4.78, 5) is 4.09. The number of nitrogens with zero attached hydrogens (tertiary/aromatic N) is 1. The predicted octanol–water partition coefficient (Wildman–Crippen LogP) is 0.808. The molecular weight excluding hydrogens is 257 g/mol. The summed E-state index contributed by atoms with van der Waals surface area (Å²) >= 11 is 0. The number of hydrogen-bond acceptors (Lipinski definition) is 5. The minimum Gasteiger partial charge on any atom is -0.446 e. The second-order valence-corrected chi connectivity index (χ2v) is 4.66.